The van der Waals surface area contributed by atoms with Gasteiger partial charge in [0.15, 0.2) is 0 Å². The third-order valence-electron chi connectivity index (χ3n) is 10.9. The fourth-order valence-corrected chi connectivity index (χ4v) is 8.40. The van der Waals surface area contributed by atoms with E-state index < -0.39 is 0 Å². The van der Waals surface area contributed by atoms with Crippen molar-refractivity contribution in [3.63, 3.8) is 0 Å². The zero-order valence-corrected chi connectivity index (χ0v) is 31.1. The van der Waals surface area contributed by atoms with Gasteiger partial charge < -0.3 is 9.47 Å². The largest absolute Gasteiger partial charge is 0.457 e. The van der Waals surface area contributed by atoms with Gasteiger partial charge in [-0.1, -0.05) is 48.5 Å². The molecule has 278 valence electrons. The first-order valence-electron chi connectivity index (χ1n) is 19.6. The van der Waals surface area contributed by atoms with Gasteiger partial charge in [0, 0.05) is 69.0 Å². The van der Waals surface area contributed by atoms with Crippen LogP contribution in [0.3, 0.4) is 0 Å². The van der Waals surface area contributed by atoms with Gasteiger partial charge in [0.1, 0.15) is 48.6 Å². The van der Waals surface area contributed by atoms with Crippen LogP contribution >= 0.6 is 0 Å². The van der Waals surface area contributed by atoms with Crippen LogP contribution in [0.2, 0.25) is 0 Å². The Hall–Kier alpha value is -8.37. The quantitative estimate of drug-likeness (QED) is 0.159. The lowest BCUT2D eigenvalue weighted by Crippen LogP contribution is -2.01. The summed E-state index contributed by atoms with van der Waals surface area (Å²) in [5, 5.41) is 6.41. The average Bonchev–Trinajstić information content (AvgIpc) is 3.91. The Morgan fingerprint density at radius 2 is 0.780 bits per heavy atom. The van der Waals surface area contributed by atoms with E-state index in [2.05, 4.69) is 94.7 Å². The molecule has 12 aromatic rings. The van der Waals surface area contributed by atoms with Crippen molar-refractivity contribution in [2.45, 2.75) is 0 Å². The summed E-state index contributed by atoms with van der Waals surface area (Å²) in [5.41, 5.74) is 5.71. The number of nitrogens with zero attached hydrogens (tertiary/aromatic N) is 8. The molecule has 12 rings (SSSR count). The van der Waals surface area contributed by atoms with Crippen LogP contribution in [0.1, 0.15) is 1.37 Å². The van der Waals surface area contributed by atoms with Crippen molar-refractivity contribution in [1.29, 1.82) is 0 Å². The van der Waals surface area contributed by atoms with Crippen LogP contribution in [0, 0.1) is 0 Å². The molecule has 0 radical (unpaired) electrons. The zero-order chi connectivity index (χ0) is 39.7. The van der Waals surface area contributed by atoms with Crippen LogP contribution in [-0.2, 0) is 0 Å². The fraction of sp³-hybridized carbons (Fsp3) is 0. The molecule has 6 aromatic heterocycles. The Morgan fingerprint density at radius 3 is 1.20 bits per heavy atom. The molecule has 0 bridgehead atoms. The first kappa shape index (κ1) is 31.8. The lowest BCUT2D eigenvalue weighted by atomic mass is 10.1. The molecule has 6 heterocycles. The van der Waals surface area contributed by atoms with Crippen molar-refractivity contribution < 1.29 is 10.8 Å². The minimum absolute atomic E-state index is 0.136. The molecule has 0 N–H and O–H groups in total. The number of aromatic nitrogens is 8. The number of benzene rings is 6. The van der Waals surface area contributed by atoms with Crippen molar-refractivity contribution in [2.75, 3.05) is 0 Å². The molecule has 0 aliphatic carbocycles. The highest BCUT2D eigenvalue weighted by atomic mass is 16.5. The van der Waals surface area contributed by atoms with Gasteiger partial charge in [-0.15, -0.1) is 0 Å². The molecule has 10 nitrogen and oxygen atoms in total. The van der Waals surface area contributed by atoms with E-state index in [1.54, 1.807) is 12.4 Å². The number of hydrogen-bond donors (Lipinski definition) is 0. The molecule has 0 saturated heterocycles. The predicted molar refractivity (Wildman–Crippen MR) is 231 cm³/mol. The third kappa shape index (κ3) is 5.31. The zero-order valence-electron chi connectivity index (χ0n) is 32.1. The normalized spacial score (nSPS) is 12.0. The van der Waals surface area contributed by atoms with E-state index in [1.165, 1.54) is 6.33 Å². The second-order valence-electron chi connectivity index (χ2n) is 14.2. The van der Waals surface area contributed by atoms with Gasteiger partial charge in [-0.25, -0.2) is 24.9 Å². The minimum Gasteiger partial charge on any atom is -0.457 e. The first-order valence-corrected chi connectivity index (χ1v) is 19.1. The van der Waals surface area contributed by atoms with Crippen LogP contribution in [0.25, 0.3) is 83.0 Å². The summed E-state index contributed by atoms with van der Waals surface area (Å²) in [6.07, 6.45) is 4.83. The Morgan fingerprint density at radius 1 is 0.373 bits per heavy atom. The molecule has 0 spiro atoms. The molecule has 0 fully saturated rings. The van der Waals surface area contributed by atoms with Crippen molar-refractivity contribution in [2.24, 2.45) is 0 Å². The molecule has 0 atom stereocenters. The Balaban J connectivity index is 0.963. The average molecular weight is 764 g/mol. The molecular formula is C49H30N8O2. The maximum Gasteiger partial charge on any atom is 0.237 e. The van der Waals surface area contributed by atoms with Crippen LogP contribution in [0.4, 0.5) is 0 Å². The van der Waals surface area contributed by atoms with E-state index in [-0.39, 0.29) is 6.30 Å². The van der Waals surface area contributed by atoms with E-state index >= 15 is 0 Å². The summed E-state index contributed by atoms with van der Waals surface area (Å²) >= 11 is 0. The van der Waals surface area contributed by atoms with Gasteiger partial charge in [0.05, 0.1) is 33.1 Å². The SMILES string of the molecule is [2H]c1ncnc(-n2c3cc(Oc4ccc5c6ccccc6n(-c6ccccn6)c5c4)ccc3c3ccc(Oc4ccc5c6ccccc6n(-c6ccccn6)c5c4)cc32)n1. The lowest BCUT2D eigenvalue weighted by Gasteiger charge is -2.10. The van der Waals surface area contributed by atoms with Crippen LogP contribution in [0.5, 0.6) is 23.0 Å². The van der Waals surface area contributed by atoms with Crippen molar-refractivity contribution in [1.82, 2.24) is 38.6 Å². The Labute approximate surface area is 337 Å². The second kappa shape index (κ2) is 13.1. The highest BCUT2D eigenvalue weighted by Gasteiger charge is 2.19. The molecule has 0 aliphatic rings. The van der Waals surface area contributed by atoms with Gasteiger partial charge in [0.25, 0.3) is 0 Å². The summed E-state index contributed by atoms with van der Waals surface area (Å²) in [7, 11) is 0. The molecule has 0 aliphatic heterocycles. The molecule has 0 saturated carbocycles. The first-order chi connectivity index (χ1) is 29.6. The maximum atomic E-state index is 8.27. The summed E-state index contributed by atoms with van der Waals surface area (Å²) in [6.45, 7) is 0. The summed E-state index contributed by atoms with van der Waals surface area (Å²) in [6, 6.07) is 52.8. The van der Waals surface area contributed by atoms with Crippen molar-refractivity contribution in [3.8, 4) is 40.6 Å². The van der Waals surface area contributed by atoms with Gasteiger partial charge in [0.2, 0.25) is 5.95 Å². The molecule has 0 unspecified atom stereocenters. The summed E-state index contributed by atoms with van der Waals surface area (Å²) < 4.78 is 27.8. The molecule has 10 heteroatoms. The number of pyridine rings is 2. The standard InChI is InChI=1S/C49H30N8O2/c1-3-11-41-35(9-1)37-19-15-31(25-43(37)55(41)47-13-5-7-23-51-47)58-33-17-21-39-40-22-18-34(28-46(40)57(45(39)27-33)49-53-29-50-30-54-49)59-32-16-20-38-36-10-2-4-12-42(36)56(44(38)26-32)48-14-6-8-24-52-48/h1-30H/i29D. The summed E-state index contributed by atoms with van der Waals surface area (Å²) in [5.74, 6) is 4.57. The molecule has 59 heavy (non-hydrogen) atoms. The number of hydrogen-bond acceptors (Lipinski definition) is 7. The Bertz CT molecular complexity index is 3420. The number of ether oxygens (including phenoxy) is 2. The Kier molecular flexibility index (Phi) is 7.06. The van der Waals surface area contributed by atoms with E-state index in [9.17, 15) is 0 Å². The van der Waals surface area contributed by atoms with Crippen LogP contribution in [-0.4, -0.2) is 38.6 Å². The summed E-state index contributed by atoms with van der Waals surface area (Å²) in [4.78, 5) is 22.3. The molecule has 6 aromatic carbocycles. The highest BCUT2D eigenvalue weighted by Crippen LogP contribution is 2.40. The van der Waals surface area contributed by atoms with Gasteiger partial charge in [-0.05, 0) is 84.9 Å². The second-order valence-corrected chi connectivity index (χ2v) is 14.2. The third-order valence-corrected chi connectivity index (χ3v) is 10.9. The number of fused-ring (bicyclic) bond motifs is 9. The van der Waals surface area contributed by atoms with E-state index in [0.29, 0.717) is 28.9 Å². The van der Waals surface area contributed by atoms with Gasteiger partial charge in [-0.2, -0.15) is 0 Å². The maximum absolute atomic E-state index is 8.27. The van der Waals surface area contributed by atoms with Crippen LogP contribution in [0.15, 0.2) is 183 Å². The number of rotatable bonds is 7. The topological polar surface area (TPSA) is 97.7 Å². The van der Waals surface area contributed by atoms with E-state index in [4.69, 9.17) is 10.8 Å². The van der Waals surface area contributed by atoms with E-state index in [0.717, 1.165) is 77.1 Å². The monoisotopic (exact) mass is 763 g/mol. The molecular weight excluding hydrogens is 733 g/mol. The predicted octanol–water partition coefficient (Wildman–Crippen LogP) is 11.5. The van der Waals surface area contributed by atoms with Gasteiger partial charge in [-0.3, -0.25) is 13.7 Å². The van der Waals surface area contributed by atoms with Crippen LogP contribution < -0.4 is 9.47 Å². The van der Waals surface area contributed by atoms with Crippen molar-refractivity contribution in [3.05, 3.63) is 183 Å². The number of para-hydroxylation sites is 2. The smallest absolute Gasteiger partial charge is 0.237 e. The minimum atomic E-state index is -0.136. The van der Waals surface area contributed by atoms with Gasteiger partial charge >= 0.3 is 0 Å². The van der Waals surface area contributed by atoms with E-state index in [1.807, 2.05) is 102 Å². The lowest BCUT2D eigenvalue weighted by molar-refractivity contribution is 0.484. The van der Waals surface area contributed by atoms with Crippen molar-refractivity contribution >= 4 is 65.4 Å². The fourth-order valence-electron chi connectivity index (χ4n) is 8.40. The highest BCUT2D eigenvalue weighted by molar-refractivity contribution is 6.11. The molecule has 0 amide bonds.